The van der Waals surface area contributed by atoms with Crippen LogP contribution in [0, 0.1) is 5.92 Å². The minimum atomic E-state index is 0.831. The van der Waals surface area contributed by atoms with Gasteiger partial charge in [0, 0.05) is 12.1 Å². The van der Waals surface area contributed by atoms with E-state index in [-0.39, 0.29) is 0 Å². The van der Waals surface area contributed by atoms with Crippen LogP contribution in [0.1, 0.15) is 76.7 Å². The first kappa shape index (κ1) is 20.2. The Morgan fingerprint density at radius 3 is 2.59 bits per heavy atom. The van der Waals surface area contributed by atoms with Gasteiger partial charge in [-0.15, -0.1) is 0 Å². The summed E-state index contributed by atoms with van der Waals surface area (Å²) in [5, 5.41) is 6.38. The molecule has 3 rings (SSSR count). The largest absolute Gasteiger partial charge is 0.493 e. The van der Waals surface area contributed by atoms with E-state index in [1.165, 1.54) is 74.1 Å². The number of rotatable bonds is 11. The van der Waals surface area contributed by atoms with Gasteiger partial charge in [-0.25, -0.2) is 0 Å². The summed E-state index contributed by atoms with van der Waals surface area (Å²) in [4.78, 5) is 0. The minimum Gasteiger partial charge on any atom is -0.493 e. The fraction of sp³-hybridized carbons (Fsp3) is 0.600. The van der Waals surface area contributed by atoms with Gasteiger partial charge >= 0.3 is 0 Å². The van der Waals surface area contributed by atoms with E-state index in [9.17, 15) is 0 Å². The zero-order chi connectivity index (χ0) is 18.7. The molecule has 0 spiro atoms. The molecule has 0 aromatic heterocycles. The number of fused-ring (bicyclic) bond motifs is 1. The fourth-order valence-electron chi connectivity index (χ4n) is 4.31. The molecular formula is C25H37NO. The maximum Gasteiger partial charge on any atom is 0.124 e. The van der Waals surface area contributed by atoms with Crippen molar-refractivity contribution in [2.45, 2.75) is 77.7 Å². The molecule has 0 bridgehead atoms. The topological polar surface area (TPSA) is 21.3 Å². The van der Waals surface area contributed by atoms with E-state index in [1.807, 2.05) is 0 Å². The van der Waals surface area contributed by atoms with Crippen LogP contribution in [0.5, 0.6) is 5.75 Å². The summed E-state index contributed by atoms with van der Waals surface area (Å²) in [6.45, 7) is 5.14. The fourth-order valence-corrected chi connectivity index (χ4v) is 4.31. The van der Waals surface area contributed by atoms with Gasteiger partial charge in [-0.2, -0.15) is 0 Å². The molecule has 2 nitrogen and oxygen atoms in total. The van der Waals surface area contributed by atoms with Gasteiger partial charge < -0.3 is 10.1 Å². The zero-order valence-electron chi connectivity index (χ0n) is 17.1. The highest BCUT2D eigenvalue weighted by atomic mass is 16.5. The molecule has 0 atom stereocenters. The highest BCUT2D eigenvalue weighted by Gasteiger charge is 2.14. The minimum absolute atomic E-state index is 0.831. The molecule has 2 heteroatoms. The van der Waals surface area contributed by atoms with Crippen molar-refractivity contribution >= 4 is 10.8 Å². The summed E-state index contributed by atoms with van der Waals surface area (Å²) in [7, 11) is 0. The van der Waals surface area contributed by atoms with Gasteiger partial charge in [-0.1, -0.05) is 82.2 Å². The second-order valence-corrected chi connectivity index (χ2v) is 8.16. The summed E-state index contributed by atoms with van der Waals surface area (Å²) in [6.07, 6.45) is 13.4. The van der Waals surface area contributed by atoms with Gasteiger partial charge in [0.25, 0.3) is 0 Å². The van der Waals surface area contributed by atoms with Crippen LogP contribution in [-0.2, 0) is 6.54 Å². The lowest BCUT2D eigenvalue weighted by Crippen LogP contribution is -2.24. The van der Waals surface area contributed by atoms with Gasteiger partial charge in [0.15, 0.2) is 0 Å². The van der Waals surface area contributed by atoms with Crippen LogP contribution in [-0.4, -0.2) is 13.2 Å². The number of hydrogen-bond donors (Lipinski definition) is 1. The Morgan fingerprint density at radius 2 is 1.74 bits per heavy atom. The summed E-state index contributed by atoms with van der Waals surface area (Å²) >= 11 is 0. The Labute approximate surface area is 165 Å². The molecule has 2 aromatic rings. The van der Waals surface area contributed by atoms with Crippen molar-refractivity contribution in [1.82, 2.24) is 5.32 Å². The number of benzene rings is 2. The lowest BCUT2D eigenvalue weighted by Gasteiger charge is -2.22. The van der Waals surface area contributed by atoms with Crippen LogP contribution in [0.2, 0.25) is 0 Å². The molecule has 1 N–H and O–H groups in total. The number of unbranched alkanes of at least 4 members (excludes halogenated alkanes) is 4. The molecule has 1 aliphatic carbocycles. The first-order chi connectivity index (χ1) is 13.4. The quantitative estimate of drug-likeness (QED) is 0.438. The van der Waals surface area contributed by atoms with E-state index >= 15 is 0 Å². The molecule has 2 aromatic carbocycles. The average molecular weight is 368 g/mol. The second-order valence-electron chi connectivity index (χ2n) is 8.16. The van der Waals surface area contributed by atoms with Gasteiger partial charge in [-0.05, 0) is 48.6 Å². The molecule has 0 unspecified atom stereocenters. The molecule has 0 saturated heterocycles. The summed E-state index contributed by atoms with van der Waals surface area (Å²) in [5.41, 5.74) is 1.33. The summed E-state index contributed by atoms with van der Waals surface area (Å²) < 4.78 is 6.23. The third-order valence-electron chi connectivity index (χ3n) is 5.96. The van der Waals surface area contributed by atoms with E-state index in [1.54, 1.807) is 0 Å². The van der Waals surface area contributed by atoms with Gasteiger partial charge in [0.2, 0.25) is 0 Å². The second kappa shape index (κ2) is 11.3. The van der Waals surface area contributed by atoms with Crippen molar-refractivity contribution in [2.75, 3.05) is 13.2 Å². The molecule has 0 radical (unpaired) electrons. The maximum absolute atomic E-state index is 6.23. The first-order valence-corrected chi connectivity index (χ1v) is 11.2. The predicted molar refractivity (Wildman–Crippen MR) is 116 cm³/mol. The predicted octanol–water partition coefficient (Wildman–Crippen LogP) is 6.86. The van der Waals surface area contributed by atoms with Gasteiger partial charge in [0.05, 0.1) is 6.61 Å². The number of ether oxygens (including phenoxy) is 1. The van der Waals surface area contributed by atoms with Gasteiger partial charge in [0.1, 0.15) is 5.75 Å². The van der Waals surface area contributed by atoms with Gasteiger partial charge in [-0.3, -0.25) is 0 Å². The van der Waals surface area contributed by atoms with Crippen molar-refractivity contribution in [3.05, 3.63) is 42.0 Å². The van der Waals surface area contributed by atoms with Crippen molar-refractivity contribution in [3.8, 4) is 5.75 Å². The smallest absolute Gasteiger partial charge is 0.124 e. The SMILES string of the molecule is CCCCCCCOc1ccc2ccccc2c1CNCC1CCCCC1. The van der Waals surface area contributed by atoms with Crippen LogP contribution in [0.15, 0.2) is 36.4 Å². The van der Waals surface area contributed by atoms with Crippen molar-refractivity contribution in [2.24, 2.45) is 5.92 Å². The standard InChI is InChI=1S/C25H37NO/c1-2-3-4-5-11-18-27-25-17-16-22-14-9-10-15-23(22)24(25)20-26-19-21-12-7-6-8-13-21/h9-10,14-17,21,26H,2-8,11-13,18-20H2,1H3. The van der Waals surface area contributed by atoms with E-state index in [4.69, 9.17) is 4.74 Å². The lowest BCUT2D eigenvalue weighted by molar-refractivity contribution is 0.300. The van der Waals surface area contributed by atoms with Crippen LogP contribution in [0.4, 0.5) is 0 Å². The van der Waals surface area contributed by atoms with E-state index < -0.39 is 0 Å². The van der Waals surface area contributed by atoms with E-state index in [2.05, 4.69) is 48.6 Å². The summed E-state index contributed by atoms with van der Waals surface area (Å²) in [5.74, 6) is 1.93. The number of nitrogens with one attached hydrogen (secondary N) is 1. The molecule has 1 aliphatic rings. The van der Waals surface area contributed by atoms with Crippen molar-refractivity contribution < 1.29 is 4.74 Å². The van der Waals surface area contributed by atoms with Crippen molar-refractivity contribution in [1.29, 1.82) is 0 Å². The molecule has 27 heavy (non-hydrogen) atoms. The lowest BCUT2D eigenvalue weighted by atomic mass is 9.89. The average Bonchev–Trinajstić information content (AvgIpc) is 2.72. The number of hydrogen-bond acceptors (Lipinski definition) is 2. The Kier molecular flexibility index (Phi) is 8.48. The third kappa shape index (κ3) is 6.24. The monoisotopic (exact) mass is 367 g/mol. The van der Waals surface area contributed by atoms with Crippen molar-refractivity contribution in [3.63, 3.8) is 0 Å². The zero-order valence-corrected chi connectivity index (χ0v) is 17.1. The molecule has 0 amide bonds. The maximum atomic E-state index is 6.23. The molecule has 0 heterocycles. The Morgan fingerprint density at radius 1 is 0.926 bits per heavy atom. The van der Waals surface area contributed by atoms with Crippen LogP contribution in [0.3, 0.4) is 0 Å². The molecule has 0 aliphatic heterocycles. The highest BCUT2D eigenvalue weighted by Crippen LogP contribution is 2.29. The summed E-state index contributed by atoms with van der Waals surface area (Å²) in [6, 6.07) is 13.1. The first-order valence-electron chi connectivity index (χ1n) is 11.2. The molecule has 1 saturated carbocycles. The third-order valence-corrected chi connectivity index (χ3v) is 5.96. The molecular weight excluding hydrogens is 330 g/mol. The van der Waals surface area contributed by atoms with E-state index in [0.29, 0.717) is 0 Å². The molecule has 148 valence electrons. The van der Waals surface area contributed by atoms with E-state index in [0.717, 1.165) is 37.8 Å². The Bertz CT molecular complexity index is 675. The van der Waals surface area contributed by atoms with Crippen LogP contribution >= 0.6 is 0 Å². The van der Waals surface area contributed by atoms with Crippen LogP contribution in [0.25, 0.3) is 10.8 Å². The Hall–Kier alpha value is -1.54. The normalized spacial score (nSPS) is 15.3. The highest BCUT2D eigenvalue weighted by molar-refractivity contribution is 5.87. The van der Waals surface area contributed by atoms with Crippen LogP contribution < -0.4 is 10.1 Å². The molecule has 1 fully saturated rings. The Balaban J connectivity index is 1.60.